The number of benzene rings is 3. The van der Waals surface area contributed by atoms with Gasteiger partial charge in [-0.1, -0.05) is 48.5 Å². The monoisotopic (exact) mass is 444 g/mol. The Balaban J connectivity index is 1.71. The van der Waals surface area contributed by atoms with Gasteiger partial charge in [0.25, 0.3) is 0 Å². The summed E-state index contributed by atoms with van der Waals surface area (Å²) in [5.41, 5.74) is 6.54. The first-order valence-electron chi connectivity index (χ1n) is 11.4. The third kappa shape index (κ3) is 4.82. The van der Waals surface area contributed by atoms with E-state index >= 15 is 0 Å². The van der Waals surface area contributed by atoms with Gasteiger partial charge in [-0.2, -0.15) is 0 Å². The van der Waals surface area contributed by atoms with Gasteiger partial charge < -0.3 is 19.7 Å². The molecule has 3 aromatic rings. The molecule has 172 valence electrons. The predicted molar refractivity (Wildman–Crippen MR) is 132 cm³/mol. The van der Waals surface area contributed by atoms with Crippen LogP contribution in [0.25, 0.3) is 0 Å². The number of rotatable bonds is 6. The van der Waals surface area contributed by atoms with Crippen molar-refractivity contribution >= 4 is 11.7 Å². The van der Waals surface area contributed by atoms with Crippen molar-refractivity contribution in [1.29, 1.82) is 0 Å². The lowest BCUT2D eigenvalue weighted by molar-refractivity contribution is 0.175. The highest BCUT2D eigenvalue weighted by molar-refractivity contribution is 5.91. The van der Waals surface area contributed by atoms with Gasteiger partial charge in [-0.15, -0.1) is 0 Å². The summed E-state index contributed by atoms with van der Waals surface area (Å²) >= 11 is 0. The Bertz CT molecular complexity index is 1120. The molecule has 0 saturated heterocycles. The summed E-state index contributed by atoms with van der Waals surface area (Å²) in [7, 11) is 3.26. The molecule has 1 atom stereocenters. The molecule has 0 bridgehead atoms. The Morgan fingerprint density at radius 1 is 0.970 bits per heavy atom. The van der Waals surface area contributed by atoms with Crippen molar-refractivity contribution in [2.75, 3.05) is 19.5 Å². The summed E-state index contributed by atoms with van der Waals surface area (Å²) in [5, 5.41) is 3.21. The zero-order chi connectivity index (χ0) is 23.4. The van der Waals surface area contributed by atoms with E-state index in [9.17, 15) is 4.79 Å². The van der Waals surface area contributed by atoms with Crippen LogP contribution in [0.5, 0.6) is 11.5 Å². The minimum absolute atomic E-state index is 0.00683. The number of methoxy groups -OCH3 is 2. The van der Waals surface area contributed by atoms with Gasteiger partial charge in [0.1, 0.15) is 0 Å². The minimum Gasteiger partial charge on any atom is -0.493 e. The van der Waals surface area contributed by atoms with Gasteiger partial charge in [-0.05, 0) is 73.1 Å². The third-order valence-electron chi connectivity index (χ3n) is 6.49. The van der Waals surface area contributed by atoms with Crippen LogP contribution >= 0.6 is 0 Å². The highest BCUT2D eigenvalue weighted by Crippen LogP contribution is 2.37. The van der Waals surface area contributed by atoms with Crippen LogP contribution in [0, 0.1) is 13.8 Å². The van der Waals surface area contributed by atoms with Crippen LogP contribution in [0.4, 0.5) is 10.5 Å². The summed E-state index contributed by atoms with van der Waals surface area (Å²) in [6, 6.07) is 20.3. The molecule has 0 fully saturated rings. The number of nitrogens with one attached hydrogen (secondary N) is 1. The molecule has 0 spiro atoms. The Kier molecular flexibility index (Phi) is 6.87. The number of ether oxygens (including phenoxy) is 2. The predicted octanol–water partition coefficient (Wildman–Crippen LogP) is 6.43. The molecule has 0 saturated carbocycles. The molecular formula is C28H32N2O3. The topological polar surface area (TPSA) is 50.8 Å². The van der Waals surface area contributed by atoms with Gasteiger partial charge >= 0.3 is 6.03 Å². The fourth-order valence-corrected chi connectivity index (χ4v) is 4.74. The molecule has 5 heteroatoms. The molecule has 0 heterocycles. The van der Waals surface area contributed by atoms with Gasteiger partial charge in [-0.25, -0.2) is 4.79 Å². The van der Waals surface area contributed by atoms with Crippen molar-refractivity contribution in [3.8, 4) is 11.5 Å². The molecule has 1 aliphatic carbocycles. The van der Waals surface area contributed by atoms with Crippen LogP contribution in [-0.4, -0.2) is 25.2 Å². The van der Waals surface area contributed by atoms with Crippen LogP contribution < -0.4 is 14.8 Å². The molecule has 1 aliphatic rings. The average molecular weight is 445 g/mol. The lowest BCUT2D eigenvalue weighted by atomic mass is 9.86. The van der Waals surface area contributed by atoms with E-state index in [0.717, 1.165) is 41.6 Å². The summed E-state index contributed by atoms with van der Waals surface area (Å²) in [4.78, 5) is 15.7. The molecule has 2 amide bonds. The van der Waals surface area contributed by atoms with E-state index in [2.05, 4.69) is 29.6 Å². The smallest absolute Gasteiger partial charge is 0.322 e. The Hall–Kier alpha value is -3.47. The summed E-state index contributed by atoms with van der Waals surface area (Å²) in [6.07, 6.45) is 3.04. The average Bonchev–Trinajstić information content (AvgIpc) is 2.84. The van der Waals surface area contributed by atoms with E-state index in [0.29, 0.717) is 18.0 Å². The van der Waals surface area contributed by atoms with Gasteiger partial charge in [0.2, 0.25) is 0 Å². The zero-order valence-corrected chi connectivity index (χ0v) is 19.9. The lowest BCUT2D eigenvalue weighted by Gasteiger charge is -2.36. The normalized spacial score (nSPS) is 14.8. The van der Waals surface area contributed by atoms with Gasteiger partial charge in [0.05, 0.1) is 20.3 Å². The maximum absolute atomic E-state index is 13.8. The molecule has 1 N–H and O–H groups in total. The summed E-state index contributed by atoms with van der Waals surface area (Å²) < 4.78 is 10.9. The van der Waals surface area contributed by atoms with Crippen molar-refractivity contribution in [2.45, 2.75) is 45.7 Å². The molecule has 33 heavy (non-hydrogen) atoms. The summed E-state index contributed by atoms with van der Waals surface area (Å²) in [6.45, 7) is 4.52. The number of aryl methyl sites for hydroxylation is 3. The number of para-hydroxylation sites is 1. The molecule has 1 unspecified atom stereocenters. The fourth-order valence-electron chi connectivity index (χ4n) is 4.74. The van der Waals surface area contributed by atoms with Crippen molar-refractivity contribution in [3.05, 3.63) is 88.5 Å². The van der Waals surface area contributed by atoms with Crippen molar-refractivity contribution in [3.63, 3.8) is 0 Å². The first-order chi connectivity index (χ1) is 16.0. The zero-order valence-electron chi connectivity index (χ0n) is 19.9. The number of hydrogen-bond donors (Lipinski definition) is 1. The Morgan fingerprint density at radius 2 is 1.70 bits per heavy atom. The molecule has 3 aromatic carbocycles. The van der Waals surface area contributed by atoms with Crippen molar-refractivity contribution < 1.29 is 14.3 Å². The lowest BCUT2D eigenvalue weighted by Crippen LogP contribution is -2.39. The number of carbonyl (C=O) groups is 1. The number of carbonyl (C=O) groups excluding carboxylic acids is 1. The summed E-state index contributed by atoms with van der Waals surface area (Å²) in [5.74, 6) is 1.34. The Morgan fingerprint density at radius 3 is 2.42 bits per heavy atom. The molecule has 4 rings (SSSR count). The maximum atomic E-state index is 13.8. The van der Waals surface area contributed by atoms with E-state index in [1.54, 1.807) is 14.2 Å². The van der Waals surface area contributed by atoms with E-state index in [4.69, 9.17) is 9.47 Å². The van der Waals surface area contributed by atoms with E-state index in [1.807, 2.05) is 55.1 Å². The van der Waals surface area contributed by atoms with E-state index in [-0.39, 0.29) is 12.1 Å². The van der Waals surface area contributed by atoms with Crippen molar-refractivity contribution in [2.24, 2.45) is 0 Å². The molecule has 0 aromatic heterocycles. The Labute approximate surface area is 196 Å². The quantitative estimate of drug-likeness (QED) is 0.476. The third-order valence-corrected chi connectivity index (χ3v) is 6.49. The van der Waals surface area contributed by atoms with Crippen LogP contribution in [0.3, 0.4) is 0 Å². The second kappa shape index (κ2) is 9.99. The fraction of sp³-hybridized carbons (Fsp3) is 0.321. The molecule has 5 nitrogen and oxygen atoms in total. The SMILES string of the molecule is COc1ccc(CN(C(=O)Nc2c(C)cccc2C)C2CCCc3ccccc32)cc1OC. The van der Waals surface area contributed by atoms with E-state index in [1.165, 1.54) is 11.1 Å². The number of nitrogens with zero attached hydrogens (tertiary/aromatic N) is 1. The number of fused-ring (bicyclic) bond motifs is 1. The molecule has 0 radical (unpaired) electrons. The van der Waals surface area contributed by atoms with Crippen LogP contribution in [0.2, 0.25) is 0 Å². The van der Waals surface area contributed by atoms with Crippen LogP contribution in [-0.2, 0) is 13.0 Å². The number of hydrogen-bond acceptors (Lipinski definition) is 3. The minimum atomic E-state index is -0.0936. The maximum Gasteiger partial charge on any atom is 0.322 e. The largest absolute Gasteiger partial charge is 0.493 e. The standard InChI is InChI=1S/C28H32N2O3/c1-19-9-7-10-20(2)27(19)29-28(31)30(18-21-15-16-25(32-3)26(17-21)33-4)24-14-8-12-22-11-5-6-13-23(22)24/h5-7,9-11,13,15-17,24H,8,12,14,18H2,1-4H3,(H,29,31). The second-order valence-electron chi connectivity index (χ2n) is 8.62. The van der Waals surface area contributed by atoms with Crippen LogP contribution in [0.1, 0.15) is 46.7 Å². The van der Waals surface area contributed by atoms with E-state index < -0.39 is 0 Å². The first-order valence-corrected chi connectivity index (χ1v) is 11.4. The number of anilines is 1. The first kappa shape index (κ1) is 22.7. The molecular weight excluding hydrogens is 412 g/mol. The number of amides is 2. The highest BCUT2D eigenvalue weighted by Gasteiger charge is 2.30. The number of urea groups is 1. The van der Waals surface area contributed by atoms with Gasteiger partial charge in [-0.3, -0.25) is 0 Å². The van der Waals surface area contributed by atoms with Gasteiger partial charge in [0, 0.05) is 12.2 Å². The van der Waals surface area contributed by atoms with Crippen molar-refractivity contribution in [1.82, 2.24) is 4.90 Å². The van der Waals surface area contributed by atoms with Gasteiger partial charge in [0.15, 0.2) is 11.5 Å². The second-order valence-corrected chi connectivity index (χ2v) is 8.62. The highest BCUT2D eigenvalue weighted by atomic mass is 16.5. The van der Waals surface area contributed by atoms with Crippen LogP contribution in [0.15, 0.2) is 60.7 Å². The molecule has 0 aliphatic heterocycles.